The van der Waals surface area contributed by atoms with Gasteiger partial charge in [0, 0.05) is 43.5 Å². The van der Waals surface area contributed by atoms with Crippen molar-refractivity contribution in [3.8, 4) is 0 Å². The molecule has 2 fully saturated rings. The van der Waals surface area contributed by atoms with E-state index in [1.165, 1.54) is 10.3 Å². The van der Waals surface area contributed by atoms with Gasteiger partial charge >= 0.3 is 0 Å². The molecule has 0 N–H and O–H groups in total. The highest BCUT2D eigenvalue weighted by atomic mass is 35.5. The lowest BCUT2D eigenvalue weighted by Gasteiger charge is -2.37. The van der Waals surface area contributed by atoms with Crippen molar-refractivity contribution in [3.05, 3.63) is 28.4 Å². The second kappa shape index (κ2) is 5.48. The molecule has 2 aromatic rings. The Balaban J connectivity index is 1.45. The fraction of sp³-hybridized carbons (Fsp3) is 0.533. The number of thiophene rings is 1. The van der Waals surface area contributed by atoms with Gasteiger partial charge in [-0.15, -0.1) is 11.3 Å². The number of halogens is 1. The number of piperidine rings is 1. The molecule has 4 heterocycles. The van der Waals surface area contributed by atoms with Crippen LogP contribution in [0.3, 0.4) is 0 Å². The van der Waals surface area contributed by atoms with Crippen molar-refractivity contribution in [1.29, 1.82) is 0 Å². The summed E-state index contributed by atoms with van der Waals surface area (Å²) < 4.78 is 12.6. The Kier molecular flexibility index (Phi) is 3.63. The lowest BCUT2D eigenvalue weighted by atomic mass is 10.0. The molecule has 0 atom stereocenters. The highest BCUT2D eigenvalue weighted by molar-refractivity contribution is 7.19. The third-order valence-electron chi connectivity index (χ3n) is 4.25. The van der Waals surface area contributed by atoms with Gasteiger partial charge in [-0.3, -0.25) is 4.90 Å². The molecule has 4 rings (SSSR count). The highest BCUT2D eigenvalue weighted by Gasteiger charge is 2.39. The van der Waals surface area contributed by atoms with E-state index in [1.54, 1.807) is 17.5 Å². The molecule has 0 unspecified atom stereocenters. The predicted octanol–water partition coefficient (Wildman–Crippen LogP) is 3.29. The normalized spacial score (nSPS) is 22.3. The molecule has 2 aliphatic rings. The Morgan fingerprint density at radius 1 is 1.29 bits per heavy atom. The molecule has 21 heavy (non-hydrogen) atoms. The van der Waals surface area contributed by atoms with E-state index in [0.717, 1.165) is 50.4 Å². The number of likely N-dealkylation sites (tertiary alicyclic amines) is 1. The van der Waals surface area contributed by atoms with E-state index in [-0.39, 0.29) is 5.79 Å². The Hall–Kier alpha value is -0.720. The predicted molar refractivity (Wildman–Crippen MR) is 83.8 cm³/mol. The Bertz CT molecular complexity index is 644. The summed E-state index contributed by atoms with van der Waals surface area (Å²) >= 11 is 7.89. The molecule has 2 aliphatic heterocycles. The molecule has 0 amide bonds. The number of hydrogen-bond donors (Lipinski definition) is 0. The fourth-order valence-corrected chi connectivity index (χ4v) is 4.48. The van der Waals surface area contributed by atoms with E-state index in [9.17, 15) is 0 Å². The van der Waals surface area contributed by atoms with E-state index in [0.29, 0.717) is 5.15 Å². The molecule has 0 saturated carbocycles. The summed E-state index contributed by atoms with van der Waals surface area (Å²) in [5.74, 6) is -0.288. The van der Waals surface area contributed by atoms with Crippen LogP contribution in [-0.2, 0) is 16.0 Å². The maximum atomic E-state index is 6.15. The SMILES string of the molecule is Clc1nccc2cc(CN3CCC4(CC3)OCCO4)sc12. The van der Waals surface area contributed by atoms with Gasteiger partial charge in [0.15, 0.2) is 5.79 Å². The molecule has 4 nitrogen and oxygen atoms in total. The number of hydrogen-bond acceptors (Lipinski definition) is 5. The Labute approximate surface area is 132 Å². The van der Waals surface area contributed by atoms with Gasteiger partial charge in [0.05, 0.1) is 17.9 Å². The average Bonchev–Trinajstić information content (AvgIpc) is 3.10. The fourth-order valence-electron chi connectivity index (χ4n) is 3.12. The quantitative estimate of drug-likeness (QED) is 0.794. The van der Waals surface area contributed by atoms with Crippen molar-refractivity contribution in [2.45, 2.75) is 25.2 Å². The zero-order valence-corrected chi connectivity index (χ0v) is 13.3. The largest absolute Gasteiger partial charge is 0.347 e. The second-order valence-electron chi connectivity index (χ2n) is 5.62. The van der Waals surface area contributed by atoms with Crippen LogP contribution in [-0.4, -0.2) is 42.0 Å². The maximum absolute atomic E-state index is 6.15. The highest BCUT2D eigenvalue weighted by Crippen LogP contribution is 2.34. The number of aromatic nitrogens is 1. The van der Waals surface area contributed by atoms with Crippen molar-refractivity contribution in [2.24, 2.45) is 0 Å². The third-order valence-corrected chi connectivity index (χ3v) is 5.79. The van der Waals surface area contributed by atoms with Crippen LogP contribution in [0.5, 0.6) is 0 Å². The summed E-state index contributed by atoms with van der Waals surface area (Å²) in [6.45, 7) is 4.47. The Morgan fingerprint density at radius 3 is 2.76 bits per heavy atom. The van der Waals surface area contributed by atoms with Crippen LogP contribution in [0.4, 0.5) is 0 Å². The van der Waals surface area contributed by atoms with Crippen LogP contribution in [0, 0.1) is 0 Å². The van der Waals surface area contributed by atoms with Crippen LogP contribution < -0.4 is 0 Å². The molecule has 2 aromatic heterocycles. The van der Waals surface area contributed by atoms with Gasteiger partial charge in [-0.05, 0) is 17.5 Å². The summed E-state index contributed by atoms with van der Waals surface area (Å²) in [6.07, 6.45) is 3.68. The first-order valence-corrected chi connectivity index (χ1v) is 8.47. The molecule has 2 saturated heterocycles. The van der Waals surface area contributed by atoms with E-state index < -0.39 is 0 Å². The van der Waals surface area contributed by atoms with Crippen molar-refractivity contribution >= 4 is 33.0 Å². The number of fused-ring (bicyclic) bond motifs is 1. The Morgan fingerprint density at radius 2 is 2.05 bits per heavy atom. The van der Waals surface area contributed by atoms with Crippen molar-refractivity contribution in [2.75, 3.05) is 26.3 Å². The van der Waals surface area contributed by atoms with Gasteiger partial charge in [0.25, 0.3) is 0 Å². The first kappa shape index (κ1) is 13.9. The monoisotopic (exact) mass is 324 g/mol. The smallest absolute Gasteiger partial charge is 0.170 e. The number of pyridine rings is 1. The molecule has 0 aliphatic carbocycles. The van der Waals surface area contributed by atoms with Gasteiger partial charge in [0.2, 0.25) is 0 Å². The number of rotatable bonds is 2. The van der Waals surface area contributed by atoms with Gasteiger partial charge in [-0.25, -0.2) is 4.98 Å². The van der Waals surface area contributed by atoms with E-state index in [4.69, 9.17) is 21.1 Å². The summed E-state index contributed by atoms with van der Waals surface area (Å²) in [5.41, 5.74) is 0. The van der Waals surface area contributed by atoms with Gasteiger partial charge in [-0.2, -0.15) is 0 Å². The summed E-state index contributed by atoms with van der Waals surface area (Å²) in [5, 5.41) is 1.79. The third kappa shape index (κ3) is 2.69. The molecule has 1 spiro atoms. The lowest BCUT2D eigenvalue weighted by molar-refractivity contribution is -0.185. The second-order valence-corrected chi connectivity index (χ2v) is 7.11. The molecule has 6 heteroatoms. The molecular formula is C15H17ClN2O2S. The topological polar surface area (TPSA) is 34.6 Å². The molecule has 0 bridgehead atoms. The minimum atomic E-state index is -0.288. The van der Waals surface area contributed by atoms with Crippen LogP contribution in [0.15, 0.2) is 18.3 Å². The average molecular weight is 325 g/mol. The van der Waals surface area contributed by atoms with Gasteiger partial charge in [-0.1, -0.05) is 11.6 Å². The molecule has 112 valence electrons. The molecular weight excluding hydrogens is 308 g/mol. The minimum Gasteiger partial charge on any atom is -0.347 e. The minimum absolute atomic E-state index is 0.288. The van der Waals surface area contributed by atoms with Crippen LogP contribution in [0.2, 0.25) is 5.15 Å². The maximum Gasteiger partial charge on any atom is 0.170 e. The zero-order valence-electron chi connectivity index (χ0n) is 11.7. The van der Waals surface area contributed by atoms with Crippen LogP contribution in [0.25, 0.3) is 10.1 Å². The standard InChI is InChI=1S/C15H17ClN2O2S/c16-14-13-11(1-4-17-14)9-12(21-13)10-18-5-2-15(3-6-18)19-7-8-20-15/h1,4,9H,2-3,5-8,10H2. The van der Waals surface area contributed by atoms with Crippen molar-refractivity contribution < 1.29 is 9.47 Å². The summed E-state index contributed by atoms with van der Waals surface area (Å²) in [7, 11) is 0. The van der Waals surface area contributed by atoms with Gasteiger partial charge < -0.3 is 9.47 Å². The van der Waals surface area contributed by atoms with Crippen molar-refractivity contribution in [1.82, 2.24) is 9.88 Å². The number of ether oxygens (including phenoxy) is 2. The summed E-state index contributed by atoms with van der Waals surface area (Å²) in [6, 6.07) is 4.24. The molecule has 0 aromatic carbocycles. The van der Waals surface area contributed by atoms with Crippen molar-refractivity contribution in [3.63, 3.8) is 0 Å². The van der Waals surface area contributed by atoms with E-state index >= 15 is 0 Å². The first-order valence-electron chi connectivity index (χ1n) is 7.27. The summed E-state index contributed by atoms with van der Waals surface area (Å²) in [4.78, 5) is 7.94. The van der Waals surface area contributed by atoms with Crippen LogP contribution in [0.1, 0.15) is 17.7 Å². The first-order chi connectivity index (χ1) is 10.2. The zero-order chi connectivity index (χ0) is 14.3. The van der Waals surface area contributed by atoms with E-state index in [1.807, 2.05) is 6.07 Å². The van der Waals surface area contributed by atoms with E-state index in [2.05, 4.69) is 16.0 Å². The lowest BCUT2D eigenvalue weighted by Crippen LogP contribution is -2.44. The molecule has 0 radical (unpaired) electrons. The van der Waals surface area contributed by atoms with Crippen LogP contribution >= 0.6 is 22.9 Å². The number of nitrogens with zero attached hydrogens (tertiary/aromatic N) is 2. The van der Waals surface area contributed by atoms with Gasteiger partial charge in [0.1, 0.15) is 5.15 Å².